The predicted octanol–water partition coefficient (Wildman–Crippen LogP) is 4.07. The summed E-state index contributed by atoms with van der Waals surface area (Å²) in [5.74, 6) is 0.321. The highest BCUT2D eigenvalue weighted by Crippen LogP contribution is 2.27. The van der Waals surface area contributed by atoms with Gasteiger partial charge in [-0.15, -0.1) is 0 Å². The van der Waals surface area contributed by atoms with Gasteiger partial charge in [-0.1, -0.05) is 60.7 Å². The first-order chi connectivity index (χ1) is 16.2. The zero-order valence-electron chi connectivity index (χ0n) is 18.9. The monoisotopic (exact) mass is 442 g/mol. The molecule has 3 heterocycles. The molecule has 2 aromatic carbocycles. The van der Waals surface area contributed by atoms with Gasteiger partial charge < -0.3 is 9.80 Å². The van der Waals surface area contributed by atoms with Gasteiger partial charge in [0.1, 0.15) is 5.69 Å². The zero-order chi connectivity index (χ0) is 22.6. The first-order valence-electron chi connectivity index (χ1n) is 11.9. The number of hydrogen-bond donors (Lipinski definition) is 0. The fourth-order valence-corrected chi connectivity index (χ4v) is 4.93. The molecule has 5 rings (SSSR count). The Bertz CT molecular complexity index is 1100. The van der Waals surface area contributed by atoms with Gasteiger partial charge in [-0.3, -0.25) is 14.3 Å². The molecule has 0 N–H and O–H groups in total. The lowest BCUT2D eigenvalue weighted by atomic mass is 9.94. The lowest BCUT2D eigenvalue weighted by Gasteiger charge is -2.33. The summed E-state index contributed by atoms with van der Waals surface area (Å²) in [6.07, 6.45) is 5.57. The summed E-state index contributed by atoms with van der Waals surface area (Å²) >= 11 is 0. The molecule has 0 bridgehead atoms. The van der Waals surface area contributed by atoms with Gasteiger partial charge in [0.05, 0.1) is 12.1 Å². The number of carbonyl (C=O) groups excluding carboxylic acids is 2. The van der Waals surface area contributed by atoms with Crippen LogP contribution in [0.2, 0.25) is 0 Å². The van der Waals surface area contributed by atoms with Gasteiger partial charge in [-0.2, -0.15) is 5.10 Å². The lowest BCUT2D eigenvalue weighted by Crippen LogP contribution is -2.43. The molecule has 3 aromatic rings. The third kappa shape index (κ3) is 4.70. The summed E-state index contributed by atoms with van der Waals surface area (Å²) in [5.41, 5.74) is 3.42. The van der Waals surface area contributed by atoms with Crippen LogP contribution < -0.4 is 0 Å². The van der Waals surface area contributed by atoms with Crippen molar-refractivity contribution in [2.75, 3.05) is 26.2 Å². The summed E-state index contributed by atoms with van der Waals surface area (Å²) in [7, 11) is 0. The maximum absolute atomic E-state index is 13.6. The minimum Gasteiger partial charge on any atom is -0.342 e. The van der Waals surface area contributed by atoms with Crippen LogP contribution in [-0.4, -0.2) is 57.6 Å². The highest BCUT2D eigenvalue weighted by Gasteiger charge is 2.32. The Morgan fingerprint density at radius 2 is 1.45 bits per heavy atom. The van der Waals surface area contributed by atoms with E-state index in [1.165, 1.54) is 0 Å². The standard InChI is InChI=1S/C27H30N4O2/c32-26(29-15-7-8-16-29)23-13-17-30(18-14-23)27(33)24-20-31(19-21-9-3-1-4-10-21)28-25(24)22-11-5-2-6-12-22/h1-6,9-12,20,23H,7-8,13-19H2. The second kappa shape index (κ2) is 9.61. The van der Waals surface area contributed by atoms with Crippen LogP contribution in [0.3, 0.4) is 0 Å². The topological polar surface area (TPSA) is 58.4 Å². The van der Waals surface area contributed by atoms with Crippen molar-refractivity contribution in [2.24, 2.45) is 5.92 Å². The molecule has 0 radical (unpaired) electrons. The number of nitrogens with zero attached hydrogens (tertiary/aromatic N) is 4. The largest absolute Gasteiger partial charge is 0.342 e. The van der Waals surface area contributed by atoms with Crippen molar-refractivity contribution < 1.29 is 9.59 Å². The Hall–Kier alpha value is -3.41. The van der Waals surface area contributed by atoms with Crippen LogP contribution >= 0.6 is 0 Å². The Kier molecular flexibility index (Phi) is 6.24. The normalized spacial score (nSPS) is 16.8. The minimum atomic E-state index is 0.000219. The maximum Gasteiger partial charge on any atom is 0.257 e. The number of piperidine rings is 1. The second-order valence-electron chi connectivity index (χ2n) is 9.04. The molecule has 0 unspecified atom stereocenters. The van der Waals surface area contributed by atoms with Crippen molar-refractivity contribution in [1.29, 1.82) is 0 Å². The Labute approximate surface area is 194 Å². The summed E-state index contributed by atoms with van der Waals surface area (Å²) < 4.78 is 1.86. The van der Waals surface area contributed by atoms with Crippen LogP contribution in [-0.2, 0) is 11.3 Å². The van der Waals surface area contributed by atoms with Crippen LogP contribution in [0.25, 0.3) is 11.3 Å². The number of rotatable bonds is 5. The number of carbonyl (C=O) groups is 2. The van der Waals surface area contributed by atoms with Crippen molar-refractivity contribution in [3.05, 3.63) is 78.0 Å². The van der Waals surface area contributed by atoms with E-state index in [2.05, 4.69) is 12.1 Å². The Balaban J connectivity index is 1.34. The van der Waals surface area contributed by atoms with Gasteiger partial charge in [0.15, 0.2) is 0 Å². The van der Waals surface area contributed by atoms with Gasteiger partial charge in [0.25, 0.3) is 5.91 Å². The maximum atomic E-state index is 13.6. The number of amides is 2. The van der Waals surface area contributed by atoms with Crippen LogP contribution in [0.5, 0.6) is 0 Å². The first-order valence-corrected chi connectivity index (χ1v) is 11.9. The second-order valence-corrected chi connectivity index (χ2v) is 9.04. The molecule has 33 heavy (non-hydrogen) atoms. The molecule has 2 amide bonds. The molecule has 2 saturated heterocycles. The molecule has 0 atom stereocenters. The van der Waals surface area contributed by atoms with Crippen molar-refractivity contribution in [3.8, 4) is 11.3 Å². The SMILES string of the molecule is O=C(c1cn(Cc2ccccc2)nc1-c1ccccc1)N1CCC(C(=O)N2CCCC2)CC1. The molecular weight excluding hydrogens is 412 g/mol. The van der Waals surface area contributed by atoms with Gasteiger partial charge in [-0.05, 0) is 31.2 Å². The first kappa shape index (κ1) is 21.4. The van der Waals surface area contributed by atoms with Crippen LogP contribution in [0.15, 0.2) is 66.9 Å². The van der Waals surface area contributed by atoms with Crippen molar-refractivity contribution >= 4 is 11.8 Å². The fraction of sp³-hybridized carbons (Fsp3) is 0.370. The number of aromatic nitrogens is 2. The summed E-state index contributed by atoms with van der Waals surface area (Å²) in [4.78, 5) is 30.2. The van der Waals surface area contributed by atoms with E-state index in [1.54, 1.807) is 0 Å². The predicted molar refractivity (Wildman–Crippen MR) is 128 cm³/mol. The molecule has 0 saturated carbocycles. The summed E-state index contributed by atoms with van der Waals surface area (Å²) in [6, 6.07) is 20.0. The minimum absolute atomic E-state index is 0.000219. The molecule has 2 aliphatic heterocycles. The zero-order valence-corrected chi connectivity index (χ0v) is 18.9. The van der Waals surface area contributed by atoms with E-state index in [9.17, 15) is 9.59 Å². The molecule has 170 valence electrons. The van der Waals surface area contributed by atoms with Crippen molar-refractivity contribution in [2.45, 2.75) is 32.2 Å². The van der Waals surface area contributed by atoms with Crippen molar-refractivity contribution in [1.82, 2.24) is 19.6 Å². The highest BCUT2D eigenvalue weighted by molar-refractivity contribution is 6.00. The lowest BCUT2D eigenvalue weighted by molar-refractivity contribution is -0.135. The van der Waals surface area contributed by atoms with E-state index in [-0.39, 0.29) is 17.7 Å². The average Bonchev–Trinajstić information content (AvgIpc) is 3.55. The van der Waals surface area contributed by atoms with Gasteiger partial charge in [0, 0.05) is 43.9 Å². The molecule has 6 nitrogen and oxygen atoms in total. The van der Waals surface area contributed by atoms with E-state index in [1.807, 2.05) is 69.2 Å². The third-order valence-electron chi connectivity index (χ3n) is 6.78. The molecule has 0 aliphatic carbocycles. The Morgan fingerprint density at radius 3 is 2.12 bits per heavy atom. The Morgan fingerprint density at radius 1 is 0.818 bits per heavy atom. The summed E-state index contributed by atoms with van der Waals surface area (Å²) in [5, 5.41) is 4.80. The molecule has 1 aromatic heterocycles. The van der Waals surface area contributed by atoms with Crippen LogP contribution in [0, 0.1) is 5.92 Å². The van der Waals surface area contributed by atoms with E-state index >= 15 is 0 Å². The average molecular weight is 443 g/mol. The van der Waals surface area contributed by atoms with E-state index in [0.717, 1.165) is 49.9 Å². The molecule has 0 spiro atoms. The molecule has 2 fully saturated rings. The van der Waals surface area contributed by atoms with Gasteiger partial charge in [-0.25, -0.2) is 0 Å². The summed E-state index contributed by atoms with van der Waals surface area (Å²) in [6.45, 7) is 3.61. The third-order valence-corrected chi connectivity index (χ3v) is 6.78. The van der Waals surface area contributed by atoms with Crippen molar-refractivity contribution in [3.63, 3.8) is 0 Å². The number of likely N-dealkylation sites (tertiary alicyclic amines) is 2. The van der Waals surface area contributed by atoms with Crippen LogP contribution in [0.4, 0.5) is 0 Å². The molecule has 6 heteroatoms. The number of hydrogen-bond acceptors (Lipinski definition) is 3. The van der Waals surface area contributed by atoms with Gasteiger partial charge >= 0.3 is 0 Å². The van der Waals surface area contributed by atoms with E-state index in [0.29, 0.717) is 30.9 Å². The van der Waals surface area contributed by atoms with Gasteiger partial charge in [0.2, 0.25) is 5.91 Å². The quantitative estimate of drug-likeness (QED) is 0.598. The molecule has 2 aliphatic rings. The fourth-order valence-electron chi connectivity index (χ4n) is 4.93. The highest BCUT2D eigenvalue weighted by atomic mass is 16.2. The molecular formula is C27H30N4O2. The smallest absolute Gasteiger partial charge is 0.257 e. The van der Waals surface area contributed by atoms with E-state index in [4.69, 9.17) is 5.10 Å². The number of benzene rings is 2. The van der Waals surface area contributed by atoms with E-state index < -0.39 is 0 Å². The van der Waals surface area contributed by atoms with Crippen LogP contribution in [0.1, 0.15) is 41.6 Å².